The maximum atomic E-state index is 14.3. The van der Waals surface area contributed by atoms with Crippen molar-refractivity contribution < 1.29 is 14.3 Å². The molecule has 6 nitrogen and oxygen atoms in total. The normalized spacial score (nSPS) is 20.9. The molecule has 3 aromatic carbocycles. The Kier molecular flexibility index (Phi) is 6.66. The summed E-state index contributed by atoms with van der Waals surface area (Å²) < 4.78 is 5.57. The summed E-state index contributed by atoms with van der Waals surface area (Å²) in [4.78, 5) is 27.9. The number of anilines is 1. The van der Waals surface area contributed by atoms with E-state index in [-0.39, 0.29) is 12.5 Å². The van der Waals surface area contributed by atoms with Gasteiger partial charge >= 0.3 is 5.97 Å². The van der Waals surface area contributed by atoms with Gasteiger partial charge in [-0.05, 0) is 44.0 Å². The Hall–Kier alpha value is -4.19. The number of hydrazone groups is 1. The van der Waals surface area contributed by atoms with Crippen LogP contribution in [0.4, 0.5) is 5.69 Å². The second kappa shape index (κ2) is 10.1. The average molecular weight is 494 g/mol. The van der Waals surface area contributed by atoms with Gasteiger partial charge in [0.2, 0.25) is 0 Å². The molecule has 37 heavy (non-hydrogen) atoms. The van der Waals surface area contributed by atoms with Crippen molar-refractivity contribution in [3.63, 3.8) is 0 Å². The van der Waals surface area contributed by atoms with E-state index >= 15 is 0 Å². The van der Waals surface area contributed by atoms with Gasteiger partial charge in [0.15, 0.2) is 0 Å². The van der Waals surface area contributed by atoms with E-state index in [4.69, 9.17) is 9.84 Å². The average Bonchev–Trinajstić information content (AvgIpc) is 3.40. The van der Waals surface area contributed by atoms with E-state index in [2.05, 4.69) is 5.32 Å². The van der Waals surface area contributed by atoms with E-state index in [1.807, 2.05) is 98.8 Å². The Morgan fingerprint density at radius 1 is 1.00 bits per heavy atom. The van der Waals surface area contributed by atoms with Crippen LogP contribution in [0.1, 0.15) is 42.9 Å². The summed E-state index contributed by atoms with van der Waals surface area (Å²) >= 11 is 0. The zero-order valence-electron chi connectivity index (χ0n) is 21.4. The molecule has 2 aliphatic rings. The van der Waals surface area contributed by atoms with Gasteiger partial charge in [0.25, 0.3) is 5.91 Å². The molecule has 6 heteroatoms. The van der Waals surface area contributed by atoms with Gasteiger partial charge < -0.3 is 10.1 Å². The Morgan fingerprint density at radius 2 is 1.65 bits per heavy atom. The molecule has 0 saturated carbocycles. The smallest absolute Gasteiger partial charge is 0.336 e. The summed E-state index contributed by atoms with van der Waals surface area (Å²) in [5.41, 5.74) is 4.66. The number of para-hydroxylation sites is 1. The van der Waals surface area contributed by atoms with E-state index in [0.29, 0.717) is 29.9 Å². The van der Waals surface area contributed by atoms with Crippen LogP contribution in [-0.2, 0) is 20.9 Å². The highest BCUT2D eigenvalue weighted by atomic mass is 16.5. The van der Waals surface area contributed by atoms with Crippen LogP contribution in [0.3, 0.4) is 0 Å². The summed E-state index contributed by atoms with van der Waals surface area (Å²) in [6.45, 7) is 6.49. The second-order valence-corrected chi connectivity index (χ2v) is 9.58. The first-order chi connectivity index (χ1) is 18.0. The van der Waals surface area contributed by atoms with E-state index in [1.165, 1.54) is 5.01 Å². The minimum Gasteiger partial charge on any atom is -0.463 e. The lowest BCUT2D eigenvalue weighted by Gasteiger charge is -2.32. The third kappa shape index (κ3) is 4.33. The molecule has 2 atom stereocenters. The van der Waals surface area contributed by atoms with Crippen LogP contribution < -0.4 is 10.3 Å². The third-order valence-electron chi connectivity index (χ3n) is 7.29. The van der Waals surface area contributed by atoms with Gasteiger partial charge in [0.1, 0.15) is 5.41 Å². The molecule has 0 aromatic heterocycles. The number of hydrogen-bond donors (Lipinski definition) is 1. The number of benzene rings is 3. The standard InChI is InChI=1S/C31H31N3O3/c1-4-37-29(35)27-26(32-20-23-11-7-5-8-12-23)19-31(28(27)24-17-15-21(2)16-18-24)22(3)33-34(30(31)36)25-13-9-6-10-14-25/h5-18,28,32H,4,19-20H2,1-3H3. The van der Waals surface area contributed by atoms with Gasteiger partial charge in [-0.2, -0.15) is 10.1 Å². The maximum Gasteiger partial charge on any atom is 0.336 e. The lowest BCUT2D eigenvalue weighted by atomic mass is 9.68. The molecule has 1 aliphatic carbocycles. The molecule has 0 radical (unpaired) electrons. The number of amides is 1. The van der Waals surface area contributed by atoms with Crippen molar-refractivity contribution in [2.75, 3.05) is 11.6 Å². The van der Waals surface area contributed by atoms with Crippen molar-refractivity contribution in [1.82, 2.24) is 5.32 Å². The molecular formula is C31H31N3O3. The van der Waals surface area contributed by atoms with Crippen molar-refractivity contribution >= 4 is 23.3 Å². The lowest BCUT2D eigenvalue weighted by molar-refractivity contribution is -0.139. The number of allylic oxidation sites excluding steroid dienone is 1. The van der Waals surface area contributed by atoms with Gasteiger partial charge in [-0.1, -0.05) is 78.4 Å². The van der Waals surface area contributed by atoms with Crippen molar-refractivity contribution in [2.24, 2.45) is 10.5 Å². The first-order valence-electron chi connectivity index (χ1n) is 12.7. The number of carbonyl (C=O) groups excluding carboxylic acids is 2. The zero-order chi connectivity index (χ0) is 26.0. The van der Waals surface area contributed by atoms with Crippen LogP contribution in [0, 0.1) is 12.3 Å². The predicted octanol–water partition coefficient (Wildman–Crippen LogP) is 5.50. The van der Waals surface area contributed by atoms with Crippen LogP contribution in [0.25, 0.3) is 0 Å². The molecule has 188 valence electrons. The van der Waals surface area contributed by atoms with Crippen LogP contribution in [0.2, 0.25) is 0 Å². The van der Waals surface area contributed by atoms with E-state index in [0.717, 1.165) is 22.4 Å². The molecule has 0 fully saturated rings. The Morgan fingerprint density at radius 3 is 2.30 bits per heavy atom. The van der Waals surface area contributed by atoms with Crippen LogP contribution >= 0.6 is 0 Å². The number of nitrogens with one attached hydrogen (secondary N) is 1. The fourth-order valence-corrected chi connectivity index (χ4v) is 5.43. The first-order valence-corrected chi connectivity index (χ1v) is 12.7. The molecule has 0 bridgehead atoms. The van der Waals surface area contributed by atoms with Gasteiger partial charge in [-0.3, -0.25) is 4.79 Å². The van der Waals surface area contributed by atoms with Crippen LogP contribution in [-0.4, -0.2) is 24.2 Å². The molecule has 1 aliphatic heterocycles. The lowest BCUT2D eigenvalue weighted by Crippen LogP contribution is -2.43. The highest BCUT2D eigenvalue weighted by Gasteiger charge is 2.61. The van der Waals surface area contributed by atoms with Crippen LogP contribution in [0.15, 0.2) is 101 Å². The minimum absolute atomic E-state index is 0.139. The van der Waals surface area contributed by atoms with E-state index in [1.54, 1.807) is 6.92 Å². The van der Waals surface area contributed by atoms with Crippen molar-refractivity contribution in [1.29, 1.82) is 0 Å². The summed E-state index contributed by atoms with van der Waals surface area (Å²) in [5, 5.41) is 9.74. The molecule has 1 spiro atoms. The first kappa shape index (κ1) is 24.5. The molecule has 5 rings (SSSR count). The number of nitrogens with zero attached hydrogens (tertiary/aromatic N) is 2. The fraction of sp³-hybridized carbons (Fsp3) is 0.258. The van der Waals surface area contributed by atoms with Crippen LogP contribution in [0.5, 0.6) is 0 Å². The third-order valence-corrected chi connectivity index (χ3v) is 7.29. The van der Waals surface area contributed by atoms with Gasteiger partial charge in [-0.15, -0.1) is 0 Å². The Balaban J connectivity index is 1.64. The number of esters is 1. The molecular weight excluding hydrogens is 462 g/mol. The number of ether oxygens (including phenoxy) is 1. The predicted molar refractivity (Wildman–Crippen MR) is 145 cm³/mol. The van der Waals surface area contributed by atoms with Crippen molar-refractivity contribution in [2.45, 2.75) is 39.7 Å². The molecule has 3 aromatic rings. The summed E-state index contributed by atoms with van der Waals surface area (Å²) in [6.07, 6.45) is 0.337. The highest BCUT2D eigenvalue weighted by Crippen LogP contribution is 2.56. The number of carbonyl (C=O) groups is 2. The van der Waals surface area contributed by atoms with E-state index < -0.39 is 17.3 Å². The summed E-state index contributed by atoms with van der Waals surface area (Å²) in [6, 6.07) is 27.5. The molecule has 1 N–H and O–H groups in total. The van der Waals surface area contributed by atoms with E-state index in [9.17, 15) is 9.59 Å². The van der Waals surface area contributed by atoms with Gasteiger partial charge in [0.05, 0.1) is 23.6 Å². The van der Waals surface area contributed by atoms with Crippen molar-refractivity contribution in [3.8, 4) is 0 Å². The topological polar surface area (TPSA) is 71.0 Å². The fourth-order valence-electron chi connectivity index (χ4n) is 5.43. The summed E-state index contributed by atoms with van der Waals surface area (Å²) in [7, 11) is 0. The second-order valence-electron chi connectivity index (χ2n) is 9.58. The maximum absolute atomic E-state index is 14.3. The number of hydrogen-bond acceptors (Lipinski definition) is 5. The summed E-state index contributed by atoms with van der Waals surface area (Å²) in [5.74, 6) is -1.07. The number of rotatable bonds is 7. The molecule has 2 unspecified atom stereocenters. The molecule has 1 heterocycles. The quantitative estimate of drug-likeness (QED) is 0.442. The van der Waals surface area contributed by atoms with Gasteiger partial charge in [0, 0.05) is 24.6 Å². The highest BCUT2D eigenvalue weighted by molar-refractivity contribution is 6.21. The SMILES string of the molecule is CCOC(=O)C1=C(NCc2ccccc2)CC2(C(=O)N(c3ccccc3)N=C2C)C1c1ccc(C)cc1. The Labute approximate surface area is 217 Å². The monoisotopic (exact) mass is 493 g/mol. The largest absolute Gasteiger partial charge is 0.463 e. The minimum atomic E-state index is -1.04. The molecule has 1 amide bonds. The van der Waals surface area contributed by atoms with Crippen molar-refractivity contribution in [3.05, 3.63) is 113 Å². The number of aryl methyl sites for hydroxylation is 1. The Bertz CT molecular complexity index is 1360. The zero-order valence-corrected chi connectivity index (χ0v) is 21.4. The van der Waals surface area contributed by atoms with Gasteiger partial charge in [-0.25, -0.2) is 4.79 Å². The molecule has 0 saturated heterocycles.